The first kappa shape index (κ1) is 12.9. The molecule has 90 valence electrons. The third kappa shape index (κ3) is 3.18. The van der Waals surface area contributed by atoms with Gasteiger partial charge in [0.2, 0.25) is 0 Å². The molecule has 0 aliphatic heterocycles. The SMILES string of the molecule is COc1ccc(C(CN)NC(C)C)cc1F. The number of nitrogens with one attached hydrogen (secondary N) is 1. The summed E-state index contributed by atoms with van der Waals surface area (Å²) in [4.78, 5) is 0. The minimum Gasteiger partial charge on any atom is -0.494 e. The summed E-state index contributed by atoms with van der Waals surface area (Å²) in [6, 6.07) is 5.19. The van der Waals surface area contributed by atoms with Crippen molar-refractivity contribution in [2.45, 2.75) is 25.9 Å². The van der Waals surface area contributed by atoms with Crippen molar-refractivity contribution in [3.05, 3.63) is 29.6 Å². The van der Waals surface area contributed by atoms with Gasteiger partial charge in [-0.25, -0.2) is 4.39 Å². The number of methoxy groups -OCH3 is 1. The van der Waals surface area contributed by atoms with Crippen molar-refractivity contribution < 1.29 is 9.13 Å². The van der Waals surface area contributed by atoms with E-state index in [-0.39, 0.29) is 17.6 Å². The monoisotopic (exact) mass is 226 g/mol. The van der Waals surface area contributed by atoms with E-state index in [0.29, 0.717) is 12.6 Å². The number of hydrogen-bond donors (Lipinski definition) is 2. The lowest BCUT2D eigenvalue weighted by atomic mass is 10.1. The lowest BCUT2D eigenvalue weighted by Gasteiger charge is -2.20. The van der Waals surface area contributed by atoms with Crippen LogP contribution in [0.4, 0.5) is 4.39 Å². The van der Waals surface area contributed by atoms with Crippen LogP contribution in [0.15, 0.2) is 18.2 Å². The summed E-state index contributed by atoms with van der Waals surface area (Å²) in [6.07, 6.45) is 0. The van der Waals surface area contributed by atoms with Crippen LogP contribution in [0.25, 0.3) is 0 Å². The van der Waals surface area contributed by atoms with Gasteiger partial charge >= 0.3 is 0 Å². The number of hydrogen-bond acceptors (Lipinski definition) is 3. The van der Waals surface area contributed by atoms with Gasteiger partial charge in [-0.2, -0.15) is 0 Å². The van der Waals surface area contributed by atoms with E-state index >= 15 is 0 Å². The van der Waals surface area contributed by atoms with Gasteiger partial charge in [-0.15, -0.1) is 0 Å². The predicted molar refractivity (Wildman–Crippen MR) is 63.0 cm³/mol. The Morgan fingerprint density at radius 1 is 1.44 bits per heavy atom. The molecule has 0 spiro atoms. The van der Waals surface area contributed by atoms with Crippen LogP contribution in [0.2, 0.25) is 0 Å². The van der Waals surface area contributed by atoms with E-state index in [1.807, 2.05) is 19.9 Å². The molecule has 1 atom stereocenters. The van der Waals surface area contributed by atoms with E-state index in [9.17, 15) is 4.39 Å². The molecule has 16 heavy (non-hydrogen) atoms. The van der Waals surface area contributed by atoms with Crippen molar-refractivity contribution in [2.75, 3.05) is 13.7 Å². The van der Waals surface area contributed by atoms with Crippen molar-refractivity contribution in [3.63, 3.8) is 0 Å². The zero-order valence-corrected chi connectivity index (χ0v) is 9.96. The Labute approximate surface area is 95.8 Å². The van der Waals surface area contributed by atoms with E-state index in [0.717, 1.165) is 5.56 Å². The highest BCUT2D eigenvalue weighted by Gasteiger charge is 2.13. The lowest BCUT2D eigenvalue weighted by Crippen LogP contribution is -2.33. The maximum atomic E-state index is 13.5. The molecule has 1 unspecified atom stereocenters. The fourth-order valence-corrected chi connectivity index (χ4v) is 1.60. The van der Waals surface area contributed by atoms with Crippen LogP contribution < -0.4 is 15.8 Å². The Kier molecular flexibility index (Phi) is 4.71. The lowest BCUT2D eigenvalue weighted by molar-refractivity contribution is 0.385. The van der Waals surface area contributed by atoms with Crippen LogP contribution in [-0.2, 0) is 0 Å². The molecule has 3 nitrogen and oxygen atoms in total. The number of rotatable bonds is 5. The maximum Gasteiger partial charge on any atom is 0.165 e. The first-order valence-electron chi connectivity index (χ1n) is 5.38. The van der Waals surface area contributed by atoms with Crippen LogP contribution in [0.5, 0.6) is 5.75 Å². The van der Waals surface area contributed by atoms with Crippen molar-refractivity contribution in [1.29, 1.82) is 0 Å². The Balaban J connectivity index is 2.89. The summed E-state index contributed by atoms with van der Waals surface area (Å²) < 4.78 is 18.4. The fourth-order valence-electron chi connectivity index (χ4n) is 1.60. The molecule has 1 rings (SSSR count). The number of halogens is 1. The van der Waals surface area contributed by atoms with Gasteiger partial charge in [-0.3, -0.25) is 0 Å². The van der Waals surface area contributed by atoms with Crippen molar-refractivity contribution in [3.8, 4) is 5.75 Å². The quantitative estimate of drug-likeness (QED) is 0.805. The van der Waals surface area contributed by atoms with Gasteiger partial charge in [0.1, 0.15) is 0 Å². The van der Waals surface area contributed by atoms with Gasteiger partial charge in [0.05, 0.1) is 7.11 Å². The first-order valence-corrected chi connectivity index (χ1v) is 5.38. The molecule has 0 radical (unpaired) electrons. The second kappa shape index (κ2) is 5.82. The molecule has 3 N–H and O–H groups in total. The minimum absolute atomic E-state index is 0.0274. The van der Waals surface area contributed by atoms with E-state index in [4.69, 9.17) is 10.5 Å². The summed E-state index contributed by atoms with van der Waals surface area (Å²) >= 11 is 0. The van der Waals surface area contributed by atoms with E-state index in [2.05, 4.69) is 5.32 Å². The summed E-state index contributed by atoms with van der Waals surface area (Å²) in [7, 11) is 1.45. The van der Waals surface area contributed by atoms with Crippen LogP contribution in [-0.4, -0.2) is 19.7 Å². The molecule has 4 heteroatoms. The van der Waals surface area contributed by atoms with Gasteiger partial charge in [-0.05, 0) is 17.7 Å². The highest BCUT2D eigenvalue weighted by molar-refractivity contribution is 5.31. The molecule has 1 aromatic carbocycles. The zero-order chi connectivity index (χ0) is 12.1. The molecule has 0 saturated carbocycles. The Bertz CT molecular complexity index is 342. The molecule has 0 bridgehead atoms. The molecule has 0 fully saturated rings. The molecular formula is C12H19FN2O. The predicted octanol–water partition coefficient (Wildman–Crippen LogP) is 1.83. The van der Waals surface area contributed by atoms with Gasteiger partial charge in [0, 0.05) is 18.6 Å². The normalized spacial score (nSPS) is 12.9. The van der Waals surface area contributed by atoms with E-state index in [1.54, 1.807) is 6.07 Å². The number of nitrogens with two attached hydrogens (primary N) is 1. The Hall–Kier alpha value is -1.13. The average Bonchev–Trinajstić information content (AvgIpc) is 2.25. The van der Waals surface area contributed by atoms with Gasteiger partial charge < -0.3 is 15.8 Å². The second-order valence-corrected chi connectivity index (χ2v) is 4.00. The highest BCUT2D eigenvalue weighted by atomic mass is 19.1. The minimum atomic E-state index is -0.357. The smallest absolute Gasteiger partial charge is 0.165 e. The molecule has 0 aliphatic rings. The van der Waals surface area contributed by atoms with Crippen molar-refractivity contribution in [2.24, 2.45) is 5.73 Å². The molecule has 0 heterocycles. The van der Waals surface area contributed by atoms with Crippen molar-refractivity contribution in [1.82, 2.24) is 5.32 Å². The molecule has 0 amide bonds. The molecule has 0 saturated heterocycles. The fraction of sp³-hybridized carbons (Fsp3) is 0.500. The van der Waals surface area contributed by atoms with Gasteiger partial charge in [0.15, 0.2) is 11.6 Å². The molecule has 1 aromatic rings. The summed E-state index contributed by atoms with van der Waals surface area (Å²) in [6.45, 7) is 4.50. The largest absolute Gasteiger partial charge is 0.494 e. The van der Waals surface area contributed by atoms with Crippen LogP contribution in [0, 0.1) is 5.82 Å². The van der Waals surface area contributed by atoms with E-state index in [1.165, 1.54) is 13.2 Å². The highest BCUT2D eigenvalue weighted by Crippen LogP contribution is 2.21. The number of ether oxygens (including phenoxy) is 1. The first-order chi connectivity index (χ1) is 7.58. The molecule has 0 aromatic heterocycles. The summed E-state index contributed by atoms with van der Waals surface area (Å²) in [5, 5.41) is 3.28. The Morgan fingerprint density at radius 2 is 2.12 bits per heavy atom. The van der Waals surface area contributed by atoms with E-state index < -0.39 is 0 Å². The number of benzene rings is 1. The molecular weight excluding hydrogens is 207 g/mol. The van der Waals surface area contributed by atoms with Crippen LogP contribution >= 0.6 is 0 Å². The topological polar surface area (TPSA) is 47.3 Å². The zero-order valence-electron chi connectivity index (χ0n) is 9.96. The standard InChI is InChI=1S/C12H19FN2O/c1-8(2)15-11(7-14)9-4-5-12(16-3)10(13)6-9/h4-6,8,11,15H,7,14H2,1-3H3. The summed E-state index contributed by atoms with van der Waals surface area (Å²) in [5.74, 6) is -0.104. The van der Waals surface area contributed by atoms with Gasteiger partial charge in [-0.1, -0.05) is 19.9 Å². The Morgan fingerprint density at radius 3 is 2.56 bits per heavy atom. The summed E-state index contributed by atoms with van der Waals surface area (Å²) in [5.41, 5.74) is 6.50. The van der Waals surface area contributed by atoms with Gasteiger partial charge in [0.25, 0.3) is 0 Å². The van der Waals surface area contributed by atoms with Crippen LogP contribution in [0.1, 0.15) is 25.5 Å². The maximum absolute atomic E-state index is 13.5. The third-order valence-electron chi connectivity index (χ3n) is 2.35. The molecule has 0 aliphatic carbocycles. The van der Waals surface area contributed by atoms with Crippen LogP contribution in [0.3, 0.4) is 0 Å². The third-order valence-corrected chi connectivity index (χ3v) is 2.35. The van der Waals surface area contributed by atoms with Crippen molar-refractivity contribution >= 4 is 0 Å². The average molecular weight is 226 g/mol. The second-order valence-electron chi connectivity index (χ2n) is 4.00.